The molecule has 0 aromatic rings. The van der Waals surface area contributed by atoms with Crippen molar-refractivity contribution in [2.75, 3.05) is 32.8 Å². The molecule has 0 amide bonds. The van der Waals surface area contributed by atoms with Gasteiger partial charge in [-0.1, -0.05) is 0 Å². The van der Waals surface area contributed by atoms with E-state index in [-0.39, 0.29) is 17.9 Å². The van der Waals surface area contributed by atoms with E-state index in [1.807, 2.05) is 0 Å². The fraction of sp³-hybridized carbons (Fsp3) is 1.00. The van der Waals surface area contributed by atoms with Crippen LogP contribution in [0.2, 0.25) is 0 Å². The highest BCUT2D eigenvalue weighted by atomic mass is 35.5. The fourth-order valence-electron chi connectivity index (χ4n) is 2.67. The second kappa shape index (κ2) is 7.06. The Balaban J connectivity index is 0.00000162. The number of nitrogens with zero attached hydrogens (tertiary/aromatic N) is 1. The molecule has 0 bridgehead atoms. The Bertz CT molecular complexity index is 232. The van der Waals surface area contributed by atoms with Gasteiger partial charge in [0, 0.05) is 31.8 Å². The maximum absolute atomic E-state index is 6.05. The van der Waals surface area contributed by atoms with Crippen LogP contribution in [0.15, 0.2) is 0 Å². The van der Waals surface area contributed by atoms with Crippen molar-refractivity contribution in [3.63, 3.8) is 0 Å². The molecule has 1 atom stereocenters. The lowest BCUT2D eigenvalue weighted by Crippen LogP contribution is -2.49. The van der Waals surface area contributed by atoms with Gasteiger partial charge in [0.05, 0.1) is 18.8 Å². The van der Waals surface area contributed by atoms with Crippen molar-refractivity contribution in [2.24, 2.45) is 5.73 Å². The normalized spacial score (nSPS) is 27.2. The topological polar surface area (TPSA) is 47.7 Å². The molecule has 0 aromatic heterocycles. The average molecular weight is 279 g/mol. The first-order valence-electron chi connectivity index (χ1n) is 6.77. The third-order valence-corrected chi connectivity index (χ3v) is 3.44. The van der Waals surface area contributed by atoms with Gasteiger partial charge in [-0.3, -0.25) is 0 Å². The quantitative estimate of drug-likeness (QED) is 0.845. The smallest absolute Gasteiger partial charge is 0.0834 e. The van der Waals surface area contributed by atoms with E-state index < -0.39 is 0 Å². The van der Waals surface area contributed by atoms with Gasteiger partial charge < -0.3 is 20.1 Å². The number of nitrogens with two attached hydrogens (primary N) is 1. The SMILES string of the molecule is CC(C)(N)CN1CCC(OC2CCOC2)CC1.Cl. The molecule has 0 radical (unpaired) electrons. The Hall–Kier alpha value is 0.130. The zero-order valence-electron chi connectivity index (χ0n) is 11.6. The molecule has 4 nitrogen and oxygen atoms in total. The lowest BCUT2D eigenvalue weighted by Gasteiger charge is -2.36. The Kier molecular flexibility index (Phi) is 6.35. The minimum atomic E-state index is -0.0903. The summed E-state index contributed by atoms with van der Waals surface area (Å²) in [5.41, 5.74) is 5.95. The van der Waals surface area contributed by atoms with Gasteiger partial charge in [-0.05, 0) is 33.1 Å². The summed E-state index contributed by atoms with van der Waals surface area (Å²) in [6.45, 7) is 9.03. The summed E-state index contributed by atoms with van der Waals surface area (Å²) in [5.74, 6) is 0. The van der Waals surface area contributed by atoms with Crippen LogP contribution < -0.4 is 5.73 Å². The Morgan fingerprint density at radius 1 is 1.22 bits per heavy atom. The van der Waals surface area contributed by atoms with Crippen LogP contribution in [0.3, 0.4) is 0 Å². The molecule has 108 valence electrons. The molecule has 2 fully saturated rings. The van der Waals surface area contributed by atoms with Crippen LogP contribution in [-0.4, -0.2) is 55.5 Å². The van der Waals surface area contributed by atoms with Crippen LogP contribution in [0.5, 0.6) is 0 Å². The van der Waals surface area contributed by atoms with Gasteiger partial charge in [-0.15, -0.1) is 12.4 Å². The van der Waals surface area contributed by atoms with Crippen molar-refractivity contribution >= 4 is 12.4 Å². The molecule has 5 heteroatoms. The molecule has 2 saturated heterocycles. The predicted molar refractivity (Wildman–Crippen MR) is 75.3 cm³/mol. The zero-order valence-corrected chi connectivity index (χ0v) is 12.4. The fourth-order valence-corrected chi connectivity index (χ4v) is 2.67. The molecular formula is C13H27ClN2O2. The number of likely N-dealkylation sites (tertiary alicyclic amines) is 1. The molecule has 1 unspecified atom stereocenters. The second-order valence-corrected chi connectivity index (χ2v) is 6.09. The summed E-state index contributed by atoms with van der Waals surface area (Å²) < 4.78 is 11.4. The molecule has 2 heterocycles. The van der Waals surface area contributed by atoms with E-state index in [0.717, 1.165) is 52.1 Å². The number of hydrogen-bond donors (Lipinski definition) is 1. The van der Waals surface area contributed by atoms with Crippen molar-refractivity contribution in [1.82, 2.24) is 4.90 Å². The van der Waals surface area contributed by atoms with Gasteiger partial charge >= 0.3 is 0 Å². The largest absolute Gasteiger partial charge is 0.379 e. The Morgan fingerprint density at radius 2 is 1.89 bits per heavy atom. The second-order valence-electron chi connectivity index (χ2n) is 6.09. The van der Waals surface area contributed by atoms with E-state index in [9.17, 15) is 0 Å². The van der Waals surface area contributed by atoms with Crippen molar-refractivity contribution in [1.29, 1.82) is 0 Å². The van der Waals surface area contributed by atoms with Crippen LogP contribution in [0.4, 0.5) is 0 Å². The summed E-state index contributed by atoms with van der Waals surface area (Å²) in [6.07, 6.45) is 4.10. The predicted octanol–water partition coefficient (Wildman–Crippen LogP) is 1.42. The summed E-state index contributed by atoms with van der Waals surface area (Å²) in [4.78, 5) is 2.45. The van der Waals surface area contributed by atoms with Gasteiger partial charge in [-0.25, -0.2) is 0 Å². The van der Waals surface area contributed by atoms with Gasteiger partial charge in [0.1, 0.15) is 0 Å². The first kappa shape index (κ1) is 16.2. The van der Waals surface area contributed by atoms with Crippen molar-refractivity contribution in [2.45, 2.75) is 50.9 Å². The molecule has 0 spiro atoms. The molecular weight excluding hydrogens is 252 g/mol. The summed E-state index contributed by atoms with van der Waals surface area (Å²) in [5, 5.41) is 0. The molecule has 0 saturated carbocycles. The van der Waals surface area contributed by atoms with Crippen LogP contribution >= 0.6 is 12.4 Å². The first-order chi connectivity index (χ1) is 8.03. The van der Waals surface area contributed by atoms with E-state index in [1.54, 1.807) is 0 Å². The maximum Gasteiger partial charge on any atom is 0.0834 e. The summed E-state index contributed by atoms with van der Waals surface area (Å²) in [6, 6.07) is 0. The minimum absolute atomic E-state index is 0. The molecule has 0 aromatic carbocycles. The monoisotopic (exact) mass is 278 g/mol. The summed E-state index contributed by atoms with van der Waals surface area (Å²) >= 11 is 0. The summed E-state index contributed by atoms with van der Waals surface area (Å²) in [7, 11) is 0. The third-order valence-electron chi connectivity index (χ3n) is 3.44. The van der Waals surface area contributed by atoms with Crippen molar-refractivity contribution < 1.29 is 9.47 Å². The third kappa shape index (κ3) is 5.41. The first-order valence-corrected chi connectivity index (χ1v) is 6.77. The number of piperidine rings is 1. The van der Waals surface area contributed by atoms with Crippen molar-refractivity contribution in [3.05, 3.63) is 0 Å². The highest BCUT2D eigenvalue weighted by Crippen LogP contribution is 2.19. The van der Waals surface area contributed by atoms with Gasteiger partial charge in [-0.2, -0.15) is 0 Å². The Labute approximate surface area is 117 Å². The highest BCUT2D eigenvalue weighted by molar-refractivity contribution is 5.85. The minimum Gasteiger partial charge on any atom is -0.379 e. The standard InChI is InChI=1S/C13H26N2O2.ClH/c1-13(2,14)10-15-6-3-11(4-7-15)17-12-5-8-16-9-12;/h11-12H,3-10,14H2,1-2H3;1H. The molecule has 2 aliphatic rings. The number of ether oxygens (including phenoxy) is 2. The number of halogens is 1. The molecule has 2 rings (SSSR count). The van der Waals surface area contributed by atoms with E-state index in [4.69, 9.17) is 15.2 Å². The zero-order chi connectivity index (χ0) is 12.3. The lowest BCUT2D eigenvalue weighted by molar-refractivity contribution is -0.0453. The van der Waals surface area contributed by atoms with Gasteiger partial charge in [0.2, 0.25) is 0 Å². The Morgan fingerprint density at radius 3 is 2.39 bits per heavy atom. The molecule has 18 heavy (non-hydrogen) atoms. The average Bonchev–Trinajstić information content (AvgIpc) is 2.71. The van der Waals surface area contributed by atoms with E-state index >= 15 is 0 Å². The lowest BCUT2D eigenvalue weighted by atomic mass is 10.0. The van der Waals surface area contributed by atoms with E-state index in [0.29, 0.717) is 12.2 Å². The van der Waals surface area contributed by atoms with Crippen LogP contribution in [0.1, 0.15) is 33.1 Å². The van der Waals surface area contributed by atoms with Gasteiger partial charge in [0.15, 0.2) is 0 Å². The van der Waals surface area contributed by atoms with Crippen molar-refractivity contribution in [3.8, 4) is 0 Å². The molecule has 2 N–H and O–H groups in total. The van der Waals surface area contributed by atoms with Crippen LogP contribution in [-0.2, 0) is 9.47 Å². The molecule has 2 aliphatic heterocycles. The van der Waals surface area contributed by atoms with E-state index in [1.165, 1.54) is 0 Å². The molecule has 0 aliphatic carbocycles. The number of rotatable bonds is 4. The van der Waals surface area contributed by atoms with Gasteiger partial charge in [0.25, 0.3) is 0 Å². The number of hydrogen-bond acceptors (Lipinski definition) is 4. The highest BCUT2D eigenvalue weighted by Gasteiger charge is 2.26. The van der Waals surface area contributed by atoms with Crippen LogP contribution in [0.25, 0.3) is 0 Å². The maximum atomic E-state index is 6.05. The van der Waals surface area contributed by atoms with Crippen LogP contribution in [0, 0.1) is 0 Å². The van der Waals surface area contributed by atoms with E-state index in [2.05, 4.69) is 18.7 Å².